The smallest absolute Gasteiger partial charge is 0.368 e. The number of nitrogens with one attached hydrogen (secondary N) is 1. The summed E-state index contributed by atoms with van der Waals surface area (Å²) in [7, 11) is 0. The van der Waals surface area contributed by atoms with Crippen molar-refractivity contribution < 1.29 is 22.8 Å². The Morgan fingerprint density at radius 3 is 2.04 bits per heavy atom. The molecule has 0 fully saturated rings. The zero-order chi connectivity index (χ0) is 19.3. The van der Waals surface area contributed by atoms with Crippen LogP contribution < -0.4 is 11.1 Å². The van der Waals surface area contributed by atoms with E-state index in [9.17, 15) is 22.8 Å². The lowest BCUT2D eigenvalue weighted by atomic mass is 10.0. The lowest BCUT2D eigenvalue weighted by molar-refractivity contribution is -0.137. The van der Waals surface area contributed by atoms with Crippen molar-refractivity contribution in [2.75, 3.05) is 0 Å². The first-order chi connectivity index (χ1) is 12.1. The highest BCUT2D eigenvalue weighted by atomic mass is 79.9. The van der Waals surface area contributed by atoms with Crippen molar-refractivity contribution in [3.8, 4) is 0 Å². The van der Waals surface area contributed by atoms with E-state index >= 15 is 0 Å². The van der Waals surface area contributed by atoms with Crippen LogP contribution in [0.3, 0.4) is 0 Å². The third kappa shape index (κ3) is 5.87. The van der Waals surface area contributed by atoms with Crippen molar-refractivity contribution in [3.05, 3.63) is 69.7 Å². The zero-order valence-electron chi connectivity index (χ0n) is 13.5. The van der Waals surface area contributed by atoms with Crippen LogP contribution in [0.25, 0.3) is 0 Å². The number of carbonyl (C=O) groups is 2. The molecule has 0 saturated carbocycles. The van der Waals surface area contributed by atoms with E-state index in [-0.39, 0.29) is 12.8 Å². The van der Waals surface area contributed by atoms with Gasteiger partial charge >= 0.3 is 6.18 Å². The quantitative estimate of drug-likeness (QED) is 0.741. The molecule has 2 aromatic carbocycles. The molecule has 2 amide bonds. The van der Waals surface area contributed by atoms with Crippen LogP contribution >= 0.6 is 15.9 Å². The van der Waals surface area contributed by atoms with E-state index in [1.165, 1.54) is 12.1 Å². The van der Waals surface area contributed by atoms with Gasteiger partial charge in [-0.25, -0.2) is 0 Å². The molecule has 0 aromatic heterocycles. The molecule has 2 aromatic rings. The Bertz CT molecular complexity index is 775. The summed E-state index contributed by atoms with van der Waals surface area (Å²) in [5, 5.41) is 2.53. The largest absolute Gasteiger partial charge is 0.416 e. The number of rotatable bonds is 6. The number of nitrogens with two attached hydrogens (primary N) is 1. The number of hydrogen-bond acceptors (Lipinski definition) is 2. The van der Waals surface area contributed by atoms with Gasteiger partial charge < -0.3 is 11.1 Å². The first-order valence-corrected chi connectivity index (χ1v) is 8.43. The van der Waals surface area contributed by atoms with E-state index in [2.05, 4.69) is 21.2 Å². The molecule has 0 saturated heterocycles. The van der Waals surface area contributed by atoms with Gasteiger partial charge in [-0.05, 0) is 35.4 Å². The Labute approximate surface area is 156 Å². The SMILES string of the molecule is NC(=O)[C@H](Cc1ccc(Br)cc1)NC(=O)Cc1ccc(C(F)(F)F)cc1. The second-order valence-electron chi connectivity index (χ2n) is 5.72. The molecule has 0 bridgehead atoms. The number of alkyl halides is 3. The van der Waals surface area contributed by atoms with Crippen LogP contribution in [0.5, 0.6) is 0 Å². The minimum Gasteiger partial charge on any atom is -0.368 e. The van der Waals surface area contributed by atoms with Crippen molar-refractivity contribution in [2.45, 2.75) is 25.1 Å². The molecule has 26 heavy (non-hydrogen) atoms. The Kier molecular flexibility index (Phi) is 6.42. The molecule has 4 nitrogen and oxygen atoms in total. The number of amides is 2. The Hall–Kier alpha value is -2.35. The monoisotopic (exact) mass is 428 g/mol. The number of primary amides is 1. The molecule has 3 N–H and O–H groups in total. The highest BCUT2D eigenvalue weighted by molar-refractivity contribution is 9.10. The van der Waals surface area contributed by atoms with Crippen LogP contribution in [0.1, 0.15) is 16.7 Å². The van der Waals surface area contributed by atoms with Gasteiger partial charge in [0.05, 0.1) is 12.0 Å². The number of benzene rings is 2. The Morgan fingerprint density at radius 2 is 1.54 bits per heavy atom. The molecule has 138 valence electrons. The molecule has 0 aliphatic rings. The predicted octanol–water partition coefficient (Wildman–Crippen LogP) is 3.22. The lowest BCUT2D eigenvalue weighted by Gasteiger charge is -2.16. The van der Waals surface area contributed by atoms with Gasteiger partial charge in [0, 0.05) is 10.9 Å². The van der Waals surface area contributed by atoms with E-state index < -0.39 is 29.6 Å². The van der Waals surface area contributed by atoms with Gasteiger partial charge in [0.25, 0.3) is 0 Å². The zero-order valence-corrected chi connectivity index (χ0v) is 15.1. The minimum absolute atomic E-state index is 0.151. The first-order valence-electron chi connectivity index (χ1n) is 7.64. The highest BCUT2D eigenvalue weighted by Gasteiger charge is 2.30. The first kappa shape index (κ1) is 20.0. The van der Waals surface area contributed by atoms with Gasteiger partial charge in [0.1, 0.15) is 6.04 Å². The molecule has 0 unspecified atom stereocenters. The van der Waals surface area contributed by atoms with Crippen LogP contribution in [0.2, 0.25) is 0 Å². The summed E-state index contributed by atoms with van der Waals surface area (Å²) in [6, 6.07) is 10.6. The number of carbonyl (C=O) groups excluding carboxylic acids is 2. The van der Waals surface area contributed by atoms with Gasteiger partial charge in [-0.3, -0.25) is 9.59 Å². The molecule has 0 radical (unpaired) electrons. The third-order valence-corrected chi connectivity index (χ3v) is 4.21. The topological polar surface area (TPSA) is 72.2 Å². The van der Waals surface area contributed by atoms with Crippen LogP contribution in [0, 0.1) is 0 Å². The van der Waals surface area contributed by atoms with E-state index in [0.717, 1.165) is 22.2 Å². The van der Waals surface area contributed by atoms with Gasteiger partial charge in [0.15, 0.2) is 0 Å². The summed E-state index contributed by atoms with van der Waals surface area (Å²) < 4.78 is 38.5. The summed E-state index contributed by atoms with van der Waals surface area (Å²) >= 11 is 3.30. The molecule has 2 rings (SSSR count). The molecular formula is C18H16BrF3N2O2. The van der Waals surface area contributed by atoms with Crippen molar-refractivity contribution in [1.82, 2.24) is 5.32 Å². The second-order valence-corrected chi connectivity index (χ2v) is 6.64. The van der Waals surface area contributed by atoms with Crippen molar-refractivity contribution >= 4 is 27.7 Å². The molecule has 0 spiro atoms. The standard InChI is InChI=1S/C18H16BrF3N2O2/c19-14-7-3-11(4-8-14)9-15(17(23)26)24-16(25)10-12-1-5-13(6-2-12)18(20,21)22/h1-8,15H,9-10H2,(H2,23,26)(H,24,25)/t15-/m0/s1. The summed E-state index contributed by atoms with van der Waals surface area (Å²) in [5.74, 6) is -1.18. The fraction of sp³-hybridized carbons (Fsp3) is 0.222. The molecule has 0 heterocycles. The maximum atomic E-state index is 12.5. The number of halogens is 4. The minimum atomic E-state index is -4.43. The fourth-order valence-electron chi connectivity index (χ4n) is 2.32. The van der Waals surface area contributed by atoms with Crippen LogP contribution in [-0.4, -0.2) is 17.9 Å². The normalized spacial score (nSPS) is 12.5. The van der Waals surface area contributed by atoms with Gasteiger partial charge in [0.2, 0.25) is 11.8 Å². The lowest BCUT2D eigenvalue weighted by Crippen LogP contribution is -2.46. The van der Waals surface area contributed by atoms with Crippen molar-refractivity contribution in [1.29, 1.82) is 0 Å². The van der Waals surface area contributed by atoms with Crippen molar-refractivity contribution in [2.24, 2.45) is 5.73 Å². The van der Waals surface area contributed by atoms with E-state index in [4.69, 9.17) is 5.73 Å². The predicted molar refractivity (Wildman–Crippen MR) is 94.1 cm³/mol. The second kappa shape index (κ2) is 8.35. The maximum absolute atomic E-state index is 12.5. The fourth-order valence-corrected chi connectivity index (χ4v) is 2.59. The summed E-state index contributed by atoms with van der Waals surface area (Å²) in [6.45, 7) is 0. The molecule has 8 heteroatoms. The van der Waals surface area contributed by atoms with E-state index in [1.807, 2.05) is 0 Å². The maximum Gasteiger partial charge on any atom is 0.416 e. The van der Waals surface area contributed by atoms with Crippen molar-refractivity contribution in [3.63, 3.8) is 0 Å². The Morgan fingerprint density at radius 1 is 1.00 bits per heavy atom. The van der Waals surface area contributed by atoms with Gasteiger partial charge in [-0.2, -0.15) is 13.2 Å². The van der Waals surface area contributed by atoms with Gasteiger partial charge in [-0.1, -0.05) is 40.2 Å². The van der Waals surface area contributed by atoms with E-state index in [0.29, 0.717) is 5.56 Å². The average Bonchev–Trinajstić information content (AvgIpc) is 2.55. The molecule has 0 aliphatic carbocycles. The van der Waals surface area contributed by atoms with Crippen LogP contribution in [0.15, 0.2) is 53.0 Å². The number of hydrogen-bond donors (Lipinski definition) is 2. The summed E-state index contributed by atoms with van der Waals surface area (Å²) in [5.41, 5.74) is 5.77. The average molecular weight is 429 g/mol. The van der Waals surface area contributed by atoms with Crippen LogP contribution in [-0.2, 0) is 28.6 Å². The summed E-state index contributed by atoms with van der Waals surface area (Å²) in [6.07, 6.45) is -4.36. The third-order valence-electron chi connectivity index (χ3n) is 3.68. The molecule has 0 aliphatic heterocycles. The van der Waals surface area contributed by atoms with Crippen LogP contribution in [0.4, 0.5) is 13.2 Å². The summed E-state index contributed by atoms with van der Waals surface area (Å²) in [4.78, 5) is 23.7. The van der Waals surface area contributed by atoms with E-state index in [1.54, 1.807) is 24.3 Å². The Balaban J connectivity index is 1.99. The van der Waals surface area contributed by atoms with Gasteiger partial charge in [-0.15, -0.1) is 0 Å². The highest BCUT2D eigenvalue weighted by Crippen LogP contribution is 2.29. The molecular weight excluding hydrogens is 413 g/mol. The molecule has 1 atom stereocenters.